The molecule has 2 atom stereocenters. The second-order valence-electron chi connectivity index (χ2n) is 11.0. The fourth-order valence-electron chi connectivity index (χ4n) is 5.51. The fraction of sp³-hybridized carbons (Fsp3) is 0.281. The van der Waals surface area contributed by atoms with Crippen molar-refractivity contribution in [1.82, 2.24) is 10.3 Å². The van der Waals surface area contributed by atoms with Crippen molar-refractivity contribution >= 4 is 22.6 Å². The number of primary amides is 1. The molecule has 1 saturated carbocycles. The lowest BCUT2D eigenvalue weighted by Crippen LogP contribution is -2.44. The van der Waals surface area contributed by atoms with Crippen LogP contribution in [0.2, 0.25) is 0 Å². The topological polar surface area (TPSA) is 124 Å². The second-order valence-corrected chi connectivity index (χ2v) is 11.0. The fourth-order valence-corrected chi connectivity index (χ4v) is 5.51. The van der Waals surface area contributed by atoms with E-state index >= 15 is 0 Å². The highest BCUT2D eigenvalue weighted by Crippen LogP contribution is 2.50. The molecule has 8 nitrogen and oxygen atoms in total. The number of pyridine rings is 1. The molecule has 0 radical (unpaired) electrons. The molecule has 210 valence electrons. The number of rotatable bonds is 8. The summed E-state index contributed by atoms with van der Waals surface area (Å²) in [6, 6.07) is 18.5. The zero-order chi connectivity index (χ0) is 28.9. The third kappa shape index (κ3) is 4.56. The molecule has 9 heteroatoms. The molecule has 1 aliphatic heterocycles. The SMILES string of the molecule is COc1cc(C(=O)NC[C@](O)(c2cc3c(c(-c4ccc(F)cc4)n2)OC[C@]3(C)C(N)=O)C2CC2)cc2ccccc12. The molecule has 2 aliphatic rings. The third-order valence-corrected chi connectivity index (χ3v) is 8.25. The Kier molecular flexibility index (Phi) is 6.42. The third-order valence-electron chi connectivity index (χ3n) is 8.25. The summed E-state index contributed by atoms with van der Waals surface area (Å²) >= 11 is 0. The number of aliphatic hydroxyl groups is 1. The highest BCUT2D eigenvalue weighted by atomic mass is 19.1. The molecule has 1 aromatic heterocycles. The highest BCUT2D eigenvalue weighted by Gasteiger charge is 2.50. The second kappa shape index (κ2) is 9.85. The Labute approximate surface area is 236 Å². The maximum absolute atomic E-state index is 13.7. The van der Waals surface area contributed by atoms with Crippen molar-refractivity contribution in [3.8, 4) is 22.8 Å². The summed E-state index contributed by atoms with van der Waals surface area (Å²) < 4.78 is 25.2. The van der Waals surface area contributed by atoms with Crippen LogP contribution in [0.15, 0.2) is 66.7 Å². The van der Waals surface area contributed by atoms with Gasteiger partial charge in [0, 0.05) is 22.1 Å². The monoisotopic (exact) mass is 555 g/mol. The van der Waals surface area contributed by atoms with E-state index in [0.29, 0.717) is 33.9 Å². The summed E-state index contributed by atoms with van der Waals surface area (Å²) in [6.45, 7) is 1.58. The summed E-state index contributed by atoms with van der Waals surface area (Å²) in [5.41, 5.74) is 5.20. The summed E-state index contributed by atoms with van der Waals surface area (Å²) in [5.74, 6) is -0.590. The molecule has 0 spiro atoms. The van der Waals surface area contributed by atoms with Gasteiger partial charge >= 0.3 is 0 Å². The van der Waals surface area contributed by atoms with Gasteiger partial charge in [-0.3, -0.25) is 9.59 Å². The lowest BCUT2D eigenvalue weighted by molar-refractivity contribution is -0.123. The van der Waals surface area contributed by atoms with Gasteiger partial charge in [0.1, 0.15) is 40.6 Å². The largest absolute Gasteiger partial charge is 0.496 e. The minimum Gasteiger partial charge on any atom is -0.496 e. The van der Waals surface area contributed by atoms with E-state index in [1.54, 1.807) is 44.4 Å². The molecule has 6 rings (SSSR count). The van der Waals surface area contributed by atoms with Crippen molar-refractivity contribution in [2.24, 2.45) is 11.7 Å². The predicted molar refractivity (Wildman–Crippen MR) is 151 cm³/mol. The van der Waals surface area contributed by atoms with Gasteiger partial charge in [0.25, 0.3) is 5.91 Å². The predicted octanol–water partition coefficient (Wildman–Crippen LogP) is 4.21. The normalized spacial score (nSPS) is 19.2. The van der Waals surface area contributed by atoms with Gasteiger partial charge in [0.05, 0.1) is 19.3 Å². The van der Waals surface area contributed by atoms with Crippen LogP contribution in [0.5, 0.6) is 11.5 Å². The van der Waals surface area contributed by atoms with Gasteiger partial charge in [-0.2, -0.15) is 0 Å². The van der Waals surface area contributed by atoms with Crippen LogP contribution < -0.4 is 20.5 Å². The van der Waals surface area contributed by atoms with Crippen LogP contribution in [0, 0.1) is 11.7 Å². The van der Waals surface area contributed by atoms with E-state index in [1.165, 1.54) is 12.1 Å². The number of benzene rings is 3. The first kappa shape index (κ1) is 26.7. The van der Waals surface area contributed by atoms with Crippen LogP contribution in [0.3, 0.4) is 0 Å². The first-order valence-electron chi connectivity index (χ1n) is 13.5. The maximum Gasteiger partial charge on any atom is 0.251 e. The molecule has 1 aliphatic carbocycles. The van der Waals surface area contributed by atoms with Gasteiger partial charge in [-0.15, -0.1) is 0 Å². The minimum absolute atomic E-state index is 0.0133. The Balaban J connectivity index is 1.39. The molecule has 4 aromatic rings. The van der Waals surface area contributed by atoms with Crippen molar-refractivity contribution < 1.29 is 28.6 Å². The first-order chi connectivity index (χ1) is 19.6. The van der Waals surface area contributed by atoms with E-state index in [4.69, 9.17) is 20.2 Å². The van der Waals surface area contributed by atoms with Crippen LogP contribution in [-0.4, -0.2) is 42.2 Å². The van der Waals surface area contributed by atoms with E-state index in [9.17, 15) is 19.1 Å². The number of carbonyl (C=O) groups is 2. The smallest absolute Gasteiger partial charge is 0.251 e. The van der Waals surface area contributed by atoms with E-state index in [2.05, 4.69) is 5.32 Å². The number of nitrogens with zero attached hydrogens (tertiary/aromatic N) is 1. The average Bonchev–Trinajstić information content (AvgIpc) is 3.79. The molecule has 2 heterocycles. The summed E-state index contributed by atoms with van der Waals surface area (Å²) in [5, 5.41) is 16.8. The van der Waals surface area contributed by atoms with Crippen LogP contribution in [0.25, 0.3) is 22.0 Å². The Morgan fingerprint density at radius 2 is 1.90 bits per heavy atom. The van der Waals surface area contributed by atoms with E-state index in [1.807, 2.05) is 24.3 Å². The molecule has 0 bridgehead atoms. The van der Waals surface area contributed by atoms with Crippen molar-refractivity contribution in [3.63, 3.8) is 0 Å². The van der Waals surface area contributed by atoms with Gasteiger partial charge in [-0.25, -0.2) is 9.37 Å². The molecular formula is C32H30FN3O5. The molecule has 4 N–H and O–H groups in total. The number of halogens is 1. The number of aromatic nitrogens is 1. The first-order valence-corrected chi connectivity index (χ1v) is 13.5. The lowest BCUT2D eigenvalue weighted by atomic mass is 9.81. The van der Waals surface area contributed by atoms with Crippen molar-refractivity contribution in [1.29, 1.82) is 0 Å². The number of nitrogens with two attached hydrogens (primary N) is 1. The van der Waals surface area contributed by atoms with Crippen LogP contribution >= 0.6 is 0 Å². The van der Waals surface area contributed by atoms with Crippen molar-refractivity contribution in [2.75, 3.05) is 20.3 Å². The summed E-state index contributed by atoms with van der Waals surface area (Å²) in [6.07, 6.45) is 1.48. The number of fused-ring (bicyclic) bond motifs is 2. The molecule has 1 fully saturated rings. The molecule has 0 saturated heterocycles. The van der Waals surface area contributed by atoms with E-state index < -0.39 is 22.7 Å². The number of nitrogens with one attached hydrogen (secondary N) is 1. The number of carbonyl (C=O) groups excluding carboxylic acids is 2. The average molecular weight is 556 g/mol. The van der Waals surface area contributed by atoms with Gasteiger partial charge in [-0.05, 0) is 73.5 Å². The van der Waals surface area contributed by atoms with Gasteiger partial charge in [0.2, 0.25) is 5.91 Å². The highest BCUT2D eigenvalue weighted by molar-refractivity contribution is 6.01. The van der Waals surface area contributed by atoms with Gasteiger partial charge < -0.3 is 25.6 Å². The number of hydrogen-bond donors (Lipinski definition) is 3. The molecule has 0 unspecified atom stereocenters. The number of hydrogen-bond acceptors (Lipinski definition) is 6. The zero-order valence-electron chi connectivity index (χ0n) is 22.7. The summed E-state index contributed by atoms with van der Waals surface area (Å²) in [4.78, 5) is 30.7. The van der Waals surface area contributed by atoms with Gasteiger partial charge in [-0.1, -0.05) is 24.3 Å². The number of amides is 2. The lowest BCUT2D eigenvalue weighted by Gasteiger charge is -2.30. The molecule has 2 amide bonds. The van der Waals surface area contributed by atoms with Crippen LogP contribution in [0.4, 0.5) is 4.39 Å². The molecular weight excluding hydrogens is 525 g/mol. The maximum atomic E-state index is 13.7. The Hall–Kier alpha value is -4.50. The number of ether oxygens (including phenoxy) is 2. The van der Waals surface area contributed by atoms with Crippen LogP contribution in [-0.2, 0) is 15.8 Å². The Morgan fingerprint density at radius 3 is 2.59 bits per heavy atom. The molecule has 41 heavy (non-hydrogen) atoms. The zero-order valence-corrected chi connectivity index (χ0v) is 22.7. The van der Waals surface area contributed by atoms with Crippen molar-refractivity contribution in [2.45, 2.75) is 30.8 Å². The Bertz CT molecular complexity index is 1690. The Morgan fingerprint density at radius 1 is 1.17 bits per heavy atom. The standard InChI is InChI=1S/C32H30FN3O5/c1-31(30(34)38)17-41-28-24(31)15-26(36-27(28)18-7-11-22(33)12-8-18)32(39,21-9-10-21)16-35-29(37)20-13-19-5-3-4-6-23(19)25(14-20)40-2/h3-8,11-15,21,39H,9-10,16-17H2,1-2H3,(H2,34,38)(H,35,37)/t31-,32+/m0/s1. The van der Waals surface area contributed by atoms with Crippen molar-refractivity contribution in [3.05, 3.63) is 89.4 Å². The number of methoxy groups -OCH3 is 1. The quantitative estimate of drug-likeness (QED) is 0.299. The minimum atomic E-state index is -1.54. The van der Waals surface area contributed by atoms with E-state index in [0.717, 1.165) is 23.6 Å². The summed E-state index contributed by atoms with van der Waals surface area (Å²) in [7, 11) is 1.55. The van der Waals surface area contributed by atoms with Gasteiger partial charge in [0.15, 0.2) is 0 Å². The van der Waals surface area contributed by atoms with Crippen LogP contribution in [0.1, 0.15) is 41.4 Å². The molecule has 3 aromatic carbocycles. The van der Waals surface area contributed by atoms with E-state index in [-0.39, 0.29) is 30.7 Å².